The molecule has 0 bridgehead atoms. The van der Waals surface area contributed by atoms with Crippen LogP contribution in [-0.2, 0) is 4.79 Å². The first-order valence-corrected chi connectivity index (χ1v) is 17.4. The summed E-state index contributed by atoms with van der Waals surface area (Å²) >= 11 is 0. The van der Waals surface area contributed by atoms with Crippen LogP contribution in [0.2, 0.25) is 0 Å². The number of nitrogens with zero attached hydrogens (tertiary/aromatic N) is 2. The van der Waals surface area contributed by atoms with Gasteiger partial charge in [-0.25, -0.2) is 0 Å². The average molecular weight is 599 g/mol. The van der Waals surface area contributed by atoms with E-state index in [1.807, 2.05) is 36.4 Å². The van der Waals surface area contributed by atoms with Crippen molar-refractivity contribution in [2.45, 2.75) is 103 Å². The fraction of sp³-hybridized carbons (Fsp3) is 0.564. The van der Waals surface area contributed by atoms with Crippen LogP contribution in [0.4, 0.5) is 0 Å². The number of rotatable bonds is 14. The molecule has 2 aromatic carbocycles. The second-order valence-corrected chi connectivity index (χ2v) is 13.2. The minimum absolute atomic E-state index is 0.164. The Morgan fingerprint density at radius 3 is 1.48 bits per heavy atom. The topological polar surface area (TPSA) is 42.0 Å². The Balaban J connectivity index is 1.01. The number of unbranched alkanes of at least 4 members (excludes halogenated alkanes) is 2. The molecule has 5 rings (SSSR count). The number of allylic oxidation sites excluding steroid dienone is 2. The zero-order chi connectivity index (χ0) is 30.6. The Morgan fingerprint density at radius 1 is 0.636 bits per heavy atom. The van der Waals surface area contributed by atoms with Gasteiger partial charge in [0.25, 0.3) is 0 Å². The Hall–Kier alpha value is -2.89. The third-order valence-electron chi connectivity index (χ3n) is 9.79. The van der Waals surface area contributed by atoms with E-state index in [2.05, 4.69) is 47.9 Å². The van der Waals surface area contributed by atoms with E-state index in [4.69, 9.17) is 9.47 Å². The Bertz CT molecular complexity index is 1140. The average Bonchev–Trinajstić information content (AvgIpc) is 3.38. The number of Topliss-reactive ketones (excluding diaryl/α,β-unsaturated/α-hetero) is 1. The molecule has 0 aromatic heterocycles. The van der Waals surface area contributed by atoms with Gasteiger partial charge in [-0.2, -0.15) is 0 Å². The summed E-state index contributed by atoms with van der Waals surface area (Å²) in [6.07, 6.45) is 18.3. The highest BCUT2D eigenvalue weighted by molar-refractivity contribution is 6.15. The number of ether oxygens (including phenoxy) is 2. The van der Waals surface area contributed by atoms with Crippen molar-refractivity contribution in [3.05, 3.63) is 70.8 Å². The summed E-state index contributed by atoms with van der Waals surface area (Å²) in [6.45, 7) is 11.1. The van der Waals surface area contributed by atoms with Crippen molar-refractivity contribution in [3.63, 3.8) is 0 Å². The van der Waals surface area contributed by atoms with Crippen molar-refractivity contribution in [2.75, 3.05) is 39.4 Å². The van der Waals surface area contributed by atoms with Gasteiger partial charge in [0.15, 0.2) is 5.78 Å². The van der Waals surface area contributed by atoms with Crippen LogP contribution in [0.15, 0.2) is 59.7 Å². The zero-order valence-corrected chi connectivity index (χ0v) is 27.3. The van der Waals surface area contributed by atoms with E-state index in [1.54, 1.807) is 0 Å². The summed E-state index contributed by atoms with van der Waals surface area (Å²) in [7, 11) is 0. The Labute approximate surface area is 266 Å². The Kier molecular flexibility index (Phi) is 12.5. The highest BCUT2D eigenvalue weighted by atomic mass is 16.5. The lowest BCUT2D eigenvalue weighted by molar-refractivity contribution is -0.111. The smallest absolute Gasteiger partial charge is 0.185 e. The largest absolute Gasteiger partial charge is 0.494 e. The molecule has 2 atom stereocenters. The first-order chi connectivity index (χ1) is 21.5. The number of carbonyl (C=O) groups excluding carboxylic acids is 1. The minimum atomic E-state index is 0.164. The van der Waals surface area contributed by atoms with Crippen molar-refractivity contribution < 1.29 is 14.3 Å². The van der Waals surface area contributed by atoms with Gasteiger partial charge in [0.1, 0.15) is 11.5 Å². The van der Waals surface area contributed by atoms with Crippen molar-refractivity contribution in [3.8, 4) is 11.5 Å². The van der Waals surface area contributed by atoms with E-state index >= 15 is 0 Å². The van der Waals surface area contributed by atoms with Crippen molar-refractivity contribution in [2.24, 2.45) is 0 Å². The lowest BCUT2D eigenvalue weighted by atomic mass is 10.0. The van der Waals surface area contributed by atoms with Gasteiger partial charge in [0.05, 0.1) is 13.2 Å². The van der Waals surface area contributed by atoms with Gasteiger partial charge in [0.2, 0.25) is 0 Å². The molecule has 0 amide bonds. The normalized spacial score (nSPS) is 23.5. The molecule has 2 aromatic rings. The summed E-state index contributed by atoms with van der Waals surface area (Å²) in [5.41, 5.74) is 3.87. The molecule has 2 heterocycles. The van der Waals surface area contributed by atoms with Crippen LogP contribution in [0.5, 0.6) is 11.5 Å². The summed E-state index contributed by atoms with van der Waals surface area (Å²) in [4.78, 5) is 18.4. The van der Waals surface area contributed by atoms with E-state index < -0.39 is 0 Å². The van der Waals surface area contributed by atoms with Gasteiger partial charge in [-0.1, -0.05) is 37.1 Å². The van der Waals surface area contributed by atoms with E-state index in [1.165, 1.54) is 77.5 Å². The number of ketones is 1. The van der Waals surface area contributed by atoms with Crippen LogP contribution >= 0.6 is 0 Å². The maximum absolute atomic E-state index is 13.1. The number of likely N-dealkylation sites (tertiary alicyclic amines) is 2. The van der Waals surface area contributed by atoms with Gasteiger partial charge in [-0.15, -0.1) is 0 Å². The molecule has 3 aliphatic rings. The van der Waals surface area contributed by atoms with Gasteiger partial charge < -0.3 is 19.3 Å². The molecule has 2 unspecified atom stereocenters. The number of hydrogen-bond acceptors (Lipinski definition) is 5. The molecule has 238 valence electrons. The molecule has 0 radical (unpaired) electrons. The first kappa shape index (κ1) is 32.5. The maximum Gasteiger partial charge on any atom is 0.185 e. The zero-order valence-electron chi connectivity index (χ0n) is 27.3. The number of benzene rings is 2. The van der Waals surface area contributed by atoms with Crippen LogP contribution in [0.3, 0.4) is 0 Å². The summed E-state index contributed by atoms with van der Waals surface area (Å²) in [5.74, 6) is 1.96. The fourth-order valence-electron chi connectivity index (χ4n) is 6.89. The van der Waals surface area contributed by atoms with Crippen LogP contribution < -0.4 is 9.47 Å². The highest BCUT2D eigenvalue weighted by Crippen LogP contribution is 2.30. The van der Waals surface area contributed by atoms with Crippen LogP contribution in [0, 0.1) is 0 Å². The van der Waals surface area contributed by atoms with E-state index in [-0.39, 0.29) is 5.78 Å². The predicted octanol–water partition coefficient (Wildman–Crippen LogP) is 8.58. The van der Waals surface area contributed by atoms with Gasteiger partial charge in [-0.05, 0) is 152 Å². The Morgan fingerprint density at radius 2 is 1.07 bits per heavy atom. The fourth-order valence-corrected chi connectivity index (χ4v) is 6.89. The molecule has 5 nitrogen and oxygen atoms in total. The standard InChI is InChI=1S/C39H54N2O3/c1-31-11-3-5-23-40(31)25-7-9-27-43-37-19-13-33(14-20-37)29-35-17-18-36(39(35)42)30-34-15-21-38(22-16-34)44-28-10-8-26-41-24-6-4-12-32(41)2/h13-16,19-22,29-32H,3-12,17-18,23-28H2,1-2H3/b35-29+,36-30+. The summed E-state index contributed by atoms with van der Waals surface area (Å²) < 4.78 is 12.0. The van der Waals surface area contributed by atoms with Crippen molar-refractivity contribution in [1.29, 1.82) is 0 Å². The van der Waals surface area contributed by atoms with Crippen molar-refractivity contribution >= 4 is 17.9 Å². The number of piperidine rings is 2. The lowest BCUT2D eigenvalue weighted by Crippen LogP contribution is -2.38. The molecule has 5 heteroatoms. The number of hydrogen-bond donors (Lipinski definition) is 0. The summed E-state index contributed by atoms with van der Waals surface area (Å²) in [5, 5.41) is 0. The monoisotopic (exact) mass is 598 g/mol. The molecule has 44 heavy (non-hydrogen) atoms. The van der Waals surface area contributed by atoms with Crippen LogP contribution in [0.1, 0.15) is 102 Å². The molecule has 3 fully saturated rings. The number of carbonyl (C=O) groups is 1. The van der Waals surface area contributed by atoms with Crippen LogP contribution in [0.25, 0.3) is 12.2 Å². The molecular weight excluding hydrogens is 544 g/mol. The van der Waals surface area contributed by atoms with Gasteiger partial charge in [0, 0.05) is 23.2 Å². The quantitative estimate of drug-likeness (QED) is 0.161. The van der Waals surface area contributed by atoms with E-state index in [9.17, 15) is 4.79 Å². The van der Waals surface area contributed by atoms with Crippen LogP contribution in [-0.4, -0.2) is 67.1 Å². The van der Waals surface area contributed by atoms with Crippen molar-refractivity contribution in [1.82, 2.24) is 9.80 Å². The lowest BCUT2D eigenvalue weighted by Gasteiger charge is -2.33. The molecule has 2 saturated heterocycles. The van der Waals surface area contributed by atoms with Gasteiger partial charge >= 0.3 is 0 Å². The second kappa shape index (κ2) is 17.0. The third kappa shape index (κ3) is 9.81. The molecule has 1 saturated carbocycles. The minimum Gasteiger partial charge on any atom is -0.494 e. The molecule has 0 N–H and O–H groups in total. The van der Waals surface area contributed by atoms with E-state index in [0.717, 1.165) is 84.8 Å². The predicted molar refractivity (Wildman–Crippen MR) is 182 cm³/mol. The molecule has 2 aliphatic heterocycles. The first-order valence-electron chi connectivity index (χ1n) is 17.4. The second-order valence-electron chi connectivity index (χ2n) is 13.2. The van der Waals surface area contributed by atoms with Gasteiger partial charge in [-0.3, -0.25) is 4.79 Å². The third-order valence-corrected chi connectivity index (χ3v) is 9.79. The SMILES string of the molecule is CC1CCCCN1CCCCOc1ccc(/C=C2\CC/C(=C\c3ccc(OCCCCN4CCCCC4C)cc3)C2=O)cc1. The van der Waals surface area contributed by atoms with E-state index in [0.29, 0.717) is 0 Å². The maximum atomic E-state index is 13.1. The molecule has 0 spiro atoms. The molecular formula is C39H54N2O3. The summed E-state index contributed by atoms with van der Waals surface area (Å²) in [6, 6.07) is 17.8. The molecule has 1 aliphatic carbocycles. The highest BCUT2D eigenvalue weighted by Gasteiger charge is 2.23.